The topological polar surface area (TPSA) is 86.8 Å². The lowest BCUT2D eigenvalue weighted by Crippen LogP contribution is -2.52. The fourth-order valence-corrected chi connectivity index (χ4v) is 5.90. The van der Waals surface area contributed by atoms with E-state index in [1.807, 2.05) is 58.9 Å². The maximum Gasteiger partial charge on any atom is 0.264 e. The van der Waals surface area contributed by atoms with Crippen molar-refractivity contribution < 1.29 is 18.0 Å². The molecule has 9 heteroatoms. The Labute approximate surface area is 243 Å². The van der Waals surface area contributed by atoms with Gasteiger partial charge in [0.1, 0.15) is 12.6 Å². The van der Waals surface area contributed by atoms with Gasteiger partial charge in [0.25, 0.3) is 10.0 Å². The highest BCUT2D eigenvalue weighted by atomic mass is 35.5. The summed E-state index contributed by atoms with van der Waals surface area (Å²) in [5.74, 6) is -0.528. The highest BCUT2D eigenvalue weighted by Crippen LogP contribution is 2.27. The zero-order valence-corrected chi connectivity index (χ0v) is 25.3. The number of benzene rings is 3. The minimum Gasteiger partial charge on any atom is -0.354 e. The monoisotopic (exact) mass is 583 g/mol. The molecule has 0 heterocycles. The number of hydrogen-bond donors (Lipinski definition) is 1. The van der Waals surface area contributed by atoms with Crippen molar-refractivity contribution in [3.63, 3.8) is 0 Å². The van der Waals surface area contributed by atoms with Crippen LogP contribution in [0.2, 0.25) is 5.02 Å². The summed E-state index contributed by atoms with van der Waals surface area (Å²) in [6.07, 6.45) is 0.365. The number of anilines is 1. The quantitative estimate of drug-likeness (QED) is 0.295. The summed E-state index contributed by atoms with van der Waals surface area (Å²) in [7, 11) is -4.14. The molecule has 3 aromatic carbocycles. The molecule has 1 N–H and O–H groups in total. The fourth-order valence-electron chi connectivity index (χ4n) is 4.31. The van der Waals surface area contributed by atoms with Crippen LogP contribution < -0.4 is 9.62 Å². The third-order valence-corrected chi connectivity index (χ3v) is 8.68. The van der Waals surface area contributed by atoms with E-state index in [1.165, 1.54) is 23.1 Å². The Kier molecular flexibility index (Phi) is 10.8. The van der Waals surface area contributed by atoms with Crippen molar-refractivity contribution in [3.05, 3.63) is 94.5 Å². The Morgan fingerprint density at radius 2 is 1.62 bits per heavy atom. The van der Waals surface area contributed by atoms with Gasteiger partial charge >= 0.3 is 0 Å². The van der Waals surface area contributed by atoms with Crippen molar-refractivity contribution in [2.75, 3.05) is 17.4 Å². The van der Waals surface area contributed by atoms with E-state index in [0.717, 1.165) is 21.0 Å². The summed E-state index contributed by atoms with van der Waals surface area (Å²) in [6.45, 7) is 9.77. The van der Waals surface area contributed by atoms with Crippen molar-refractivity contribution in [3.8, 4) is 0 Å². The van der Waals surface area contributed by atoms with Crippen LogP contribution in [0.1, 0.15) is 43.9 Å². The largest absolute Gasteiger partial charge is 0.354 e. The van der Waals surface area contributed by atoms with Crippen LogP contribution in [0, 0.1) is 19.8 Å². The van der Waals surface area contributed by atoms with Gasteiger partial charge in [-0.1, -0.05) is 80.4 Å². The van der Waals surface area contributed by atoms with Crippen molar-refractivity contribution >= 4 is 39.1 Å². The van der Waals surface area contributed by atoms with Gasteiger partial charge in [0.05, 0.1) is 10.6 Å². The number of hydrogen-bond acceptors (Lipinski definition) is 4. The molecular weight excluding hydrogens is 546 g/mol. The highest BCUT2D eigenvalue weighted by molar-refractivity contribution is 7.92. The van der Waals surface area contributed by atoms with Crippen molar-refractivity contribution in [2.24, 2.45) is 5.92 Å². The van der Waals surface area contributed by atoms with Crippen LogP contribution in [0.3, 0.4) is 0 Å². The molecule has 0 aromatic heterocycles. The molecule has 7 nitrogen and oxygen atoms in total. The molecule has 0 aliphatic rings. The van der Waals surface area contributed by atoms with Crippen LogP contribution in [-0.2, 0) is 26.2 Å². The fraction of sp³-hybridized carbons (Fsp3) is 0.355. The van der Waals surface area contributed by atoms with E-state index in [-0.39, 0.29) is 29.0 Å². The second-order valence-electron chi connectivity index (χ2n) is 10.3. The SMILES string of the molecule is CCC(C(=O)NCC(C)C)N(Cc1ccccc1C)C(=O)CN(c1cccc(Cl)c1)S(=O)(=O)c1ccc(C)cc1. The molecule has 0 saturated carbocycles. The summed E-state index contributed by atoms with van der Waals surface area (Å²) < 4.78 is 28.9. The van der Waals surface area contributed by atoms with E-state index < -0.39 is 28.5 Å². The van der Waals surface area contributed by atoms with E-state index in [0.29, 0.717) is 18.0 Å². The van der Waals surface area contributed by atoms with Crippen LogP contribution in [0.25, 0.3) is 0 Å². The zero-order valence-electron chi connectivity index (χ0n) is 23.7. The molecule has 0 fully saturated rings. The van der Waals surface area contributed by atoms with E-state index in [1.54, 1.807) is 30.3 Å². The first-order valence-electron chi connectivity index (χ1n) is 13.4. The first-order chi connectivity index (χ1) is 18.9. The number of nitrogens with one attached hydrogen (secondary N) is 1. The van der Waals surface area contributed by atoms with Gasteiger partial charge in [-0.05, 0) is 67.6 Å². The molecule has 214 valence electrons. The molecule has 40 heavy (non-hydrogen) atoms. The number of sulfonamides is 1. The van der Waals surface area contributed by atoms with Gasteiger partial charge in [-0.3, -0.25) is 13.9 Å². The van der Waals surface area contributed by atoms with Gasteiger partial charge in [0.15, 0.2) is 0 Å². The lowest BCUT2D eigenvalue weighted by molar-refractivity contribution is -0.140. The van der Waals surface area contributed by atoms with Crippen LogP contribution in [0.5, 0.6) is 0 Å². The Hall–Kier alpha value is -3.36. The predicted octanol–water partition coefficient (Wildman–Crippen LogP) is 5.73. The molecule has 0 aliphatic carbocycles. The van der Waals surface area contributed by atoms with Gasteiger partial charge in [-0.2, -0.15) is 0 Å². The lowest BCUT2D eigenvalue weighted by Gasteiger charge is -2.33. The molecule has 1 unspecified atom stereocenters. The number of carbonyl (C=O) groups is 2. The summed E-state index contributed by atoms with van der Waals surface area (Å²) in [4.78, 5) is 28.9. The van der Waals surface area contributed by atoms with Crippen LogP contribution in [0.15, 0.2) is 77.7 Å². The zero-order chi connectivity index (χ0) is 29.4. The average molecular weight is 584 g/mol. The minimum atomic E-state index is -4.14. The molecule has 3 rings (SSSR count). The van der Waals surface area contributed by atoms with Crippen LogP contribution in [-0.4, -0.2) is 44.3 Å². The molecule has 0 saturated heterocycles. The van der Waals surface area contributed by atoms with E-state index in [4.69, 9.17) is 11.6 Å². The number of carbonyl (C=O) groups excluding carboxylic acids is 2. The van der Waals surface area contributed by atoms with E-state index in [9.17, 15) is 18.0 Å². The molecule has 0 spiro atoms. The maximum atomic E-state index is 14.1. The maximum absolute atomic E-state index is 14.1. The number of nitrogens with zero attached hydrogens (tertiary/aromatic N) is 2. The summed E-state index contributed by atoms with van der Waals surface area (Å²) in [5.41, 5.74) is 3.01. The molecule has 3 aromatic rings. The molecule has 2 amide bonds. The van der Waals surface area contributed by atoms with Gasteiger partial charge in [0.2, 0.25) is 11.8 Å². The molecular formula is C31H38ClN3O4S. The number of amides is 2. The van der Waals surface area contributed by atoms with E-state index in [2.05, 4.69) is 5.32 Å². The normalized spacial score (nSPS) is 12.2. The number of aryl methyl sites for hydroxylation is 2. The second-order valence-corrected chi connectivity index (χ2v) is 12.6. The van der Waals surface area contributed by atoms with Crippen LogP contribution in [0.4, 0.5) is 5.69 Å². The molecule has 0 radical (unpaired) electrons. The molecule has 0 aliphatic heterocycles. The Bertz CT molecular complexity index is 1420. The van der Waals surface area contributed by atoms with Crippen molar-refractivity contribution in [2.45, 2.75) is 58.5 Å². The smallest absolute Gasteiger partial charge is 0.264 e. The summed E-state index contributed by atoms with van der Waals surface area (Å²) in [5, 5.41) is 3.28. The third-order valence-electron chi connectivity index (χ3n) is 6.66. The van der Waals surface area contributed by atoms with Gasteiger partial charge in [-0.25, -0.2) is 8.42 Å². The Morgan fingerprint density at radius 1 is 0.950 bits per heavy atom. The van der Waals surface area contributed by atoms with Crippen molar-refractivity contribution in [1.29, 1.82) is 0 Å². The van der Waals surface area contributed by atoms with Gasteiger partial charge in [-0.15, -0.1) is 0 Å². The Balaban J connectivity index is 2.06. The standard InChI is InChI=1S/C31H38ClN3O4S/c1-6-29(31(37)33-19-22(2)3)34(20-25-11-8-7-10-24(25)5)30(36)21-35(27-13-9-12-26(32)18-27)40(38,39)28-16-14-23(4)15-17-28/h7-18,22,29H,6,19-21H2,1-5H3,(H,33,37). The van der Waals surface area contributed by atoms with Crippen LogP contribution >= 0.6 is 11.6 Å². The highest BCUT2D eigenvalue weighted by Gasteiger charge is 2.34. The van der Waals surface area contributed by atoms with Crippen molar-refractivity contribution in [1.82, 2.24) is 10.2 Å². The number of halogens is 1. The first kappa shape index (κ1) is 31.2. The third kappa shape index (κ3) is 7.86. The van der Waals surface area contributed by atoms with Gasteiger partial charge < -0.3 is 10.2 Å². The van der Waals surface area contributed by atoms with Gasteiger partial charge in [0, 0.05) is 18.1 Å². The first-order valence-corrected chi connectivity index (χ1v) is 15.2. The average Bonchev–Trinajstić information content (AvgIpc) is 2.91. The molecule has 1 atom stereocenters. The lowest BCUT2D eigenvalue weighted by atomic mass is 10.1. The predicted molar refractivity (Wildman–Crippen MR) is 161 cm³/mol. The molecule has 0 bridgehead atoms. The van der Waals surface area contributed by atoms with E-state index >= 15 is 0 Å². The Morgan fingerprint density at radius 3 is 2.23 bits per heavy atom. The number of rotatable bonds is 12. The summed E-state index contributed by atoms with van der Waals surface area (Å²) in [6, 6.07) is 19.7. The summed E-state index contributed by atoms with van der Waals surface area (Å²) >= 11 is 6.23. The minimum absolute atomic E-state index is 0.0537. The second kappa shape index (κ2) is 13.8.